The number of ether oxygens (including phenoxy) is 3. The molecule has 0 saturated carbocycles. The summed E-state index contributed by atoms with van der Waals surface area (Å²) in [5, 5.41) is 5.93. The summed E-state index contributed by atoms with van der Waals surface area (Å²) in [6, 6.07) is 14.2. The number of carbonyl (C=O) groups excluding carboxylic acids is 2. The number of rotatable bonds is 5. The SMILES string of the molecule is COc1cc(C(=O)N/N=C2\C(=O)c3cccc4cccc2c34)cc(OC)c1OC. The summed E-state index contributed by atoms with van der Waals surface area (Å²) in [6.45, 7) is 0. The van der Waals surface area contributed by atoms with Gasteiger partial charge in [-0.1, -0.05) is 36.4 Å². The van der Waals surface area contributed by atoms with Gasteiger partial charge >= 0.3 is 0 Å². The Morgan fingerprint density at radius 3 is 2.10 bits per heavy atom. The van der Waals surface area contributed by atoms with E-state index in [4.69, 9.17) is 14.2 Å². The molecule has 146 valence electrons. The number of carbonyl (C=O) groups is 2. The second-order valence-electron chi connectivity index (χ2n) is 6.35. The summed E-state index contributed by atoms with van der Waals surface area (Å²) in [5.41, 5.74) is 4.21. The van der Waals surface area contributed by atoms with E-state index in [2.05, 4.69) is 10.5 Å². The highest BCUT2D eigenvalue weighted by molar-refractivity contribution is 6.59. The van der Waals surface area contributed by atoms with Crippen LogP contribution in [0.15, 0.2) is 53.6 Å². The summed E-state index contributed by atoms with van der Waals surface area (Å²) in [7, 11) is 4.42. The zero-order valence-electron chi connectivity index (χ0n) is 16.1. The number of nitrogens with one attached hydrogen (secondary N) is 1. The van der Waals surface area contributed by atoms with Gasteiger partial charge in [0.1, 0.15) is 5.71 Å². The molecule has 0 atom stereocenters. The van der Waals surface area contributed by atoms with E-state index in [1.165, 1.54) is 33.5 Å². The van der Waals surface area contributed by atoms with Gasteiger partial charge in [-0.25, -0.2) is 5.43 Å². The topological polar surface area (TPSA) is 86.2 Å². The number of hydrogen-bond acceptors (Lipinski definition) is 6. The van der Waals surface area contributed by atoms with Crippen molar-refractivity contribution in [2.24, 2.45) is 5.10 Å². The van der Waals surface area contributed by atoms with E-state index in [-0.39, 0.29) is 17.1 Å². The zero-order chi connectivity index (χ0) is 20.5. The number of methoxy groups -OCH3 is 3. The predicted octanol–water partition coefficient (Wildman–Crippen LogP) is 3.20. The molecule has 0 saturated heterocycles. The van der Waals surface area contributed by atoms with E-state index in [1.807, 2.05) is 30.3 Å². The van der Waals surface area contributed by atoms with Gasteiger partial charge < -0.3 is 14.2 Å². The monoisotopic (exact) mass is 390 g/mol. The molecule has 0 heterocycles. The molecule has 1 aliphatic rings. The number of nitrogens with zero attached hydrogens (tertiary/aromatic N) is 1. The second kappa shape index (κ2) is 7.27. The van der Waals surface area contributed by atoms with Gasteiger partial charge in [0.25, 0.3) is 5.91 Å². The molecule has 1 aliphatic carbocycles. The molecule has 0 bridgehead atoms. The molecule has 0 aliphatic heterocycles. The van der Waals surface area contributed by atoms with E-state index < -0.39 is 5.91 Å². The summed E-state index contributed by atoms with van der Waals surface area (Å²) in [4.78, 5) is 25.5. The molecule has 0 unspecified atom stereocenters. The third-order valence-corrected chi connectivity index (χ3v) is 4.82. The molecule has 29 heavy (non-hydrogen) atoms. The van der Waals surface area contributed by atoms with Crippen LogP contribution in [0.25, 0.3) is 10.8 Å². The van der Waals surface area contributed by atoms with Crippen LogP contribution in [0.4, 0.5) is 0 Å². The Kier molecular flexibility index (Phi) is 4.64. The van der Waals surface area contributed by atoms with Crippen molar-refractivity contribution in [1.82, 2.24) is 5.43 Å². The molecule has 0 aromatic heterocycles. The first-order chi connectivity index (χ1) is 14.1. The number of ketones is 1. The van der Waals surface area contributed by atoms with Crippen molar-refractivity contribution in [2.75, 3.05) is 21.3 Å². The van der Waals surface area contributed by atoms with Gasteiger partial charge in [-0.2, -0.15) is 5.10 Å². The first kappa shape index (κ1) is 18.5. The Morgan fingerprint density at radius 2 is 1.52 bits per heavy atom. The third kappa shape index (κ3) is 2.97. The Hall–Kier alpha value is -3.87. The van der Waals surface area contributed by atoms with Crippen LogP contribution in [0.3, 0.4) is 0 Å². The maximum atomic E-state index is 12.8. The van der Waals surface area contributed by atoms with Gasteiger partial charge in [0, 0.05) is 22.1 Å². The lowest BCUT2D eigenvalue weighted by molar-refractivity contribution is 0.0954. The molecule has 1 N–H and O–H groups in total. The summed E-state index contributed by atoms with van der Waals surface area (Å²) < 4.78 is 15.8. The molecule has 3 aromatic carbocycles. The van der Waals surface area contributed by atoms with E-state index in [0.717, 1.165) is 10.8 Å². The first-order valence-corrected chi connectivity index (χ1v) is 8.84. The number of hydrazone groups is 1. The van der Waals surface area contributed by atoms with Crippen LogP contribution >= 0.6 is 0 Å². The van der Waals surface area contributed by atoms with Crippen molar-refractivity contribution in [3.8, 4) is 17.2 Å². The molecule has 3 aromatic rings. The van der Waals surface area contributed by atoms with Crippen molar-refractivity contribution in [1.29, 1.82) is 0 Å². The Balaban J connectivity index is 1.68. The van der Waals surface area contributed by atoms with Crippen LogP contribution in [0.2, 0.25) is 0 Å². The standard InChI is InChI=1S/C22H18N2O5/c1-27-16-10-13(11-17(28-2)21(16)29-3)22(26)24-23-19-14-8-4-6-12-7-5-9-15(18(12)14)20(19)25/h4-11H,1-3H3,(H,24,26)/b23-19-. The lowest BCUT2D eigenvalue weighted by Crippen LogP contribution is -2.22. The molecule has 0 fully saturated rings. The van der Waals surface area contributed by atoms with Crippen molar-refractivity contribution < 1.29 is 23.8 Å². The second-order valence-corrected chi connectivity index (χ2v) is 6.35. The highest BCUT2D eigenvalue weighted by Crippen LogP contribution is 2.38. The van der Waals surface area contributed by atoms with Gasteiger partial charge in [0.15, 0.2) is 11.5 Å². The molecule has 7 heteroatoms. The number of amides is 1. The summed E-state index contributed by atoms with van der Waals surface area (Å²) >= 11 is 0. The fourth-order valence-corrected chi connectivity index (χ4v) is 3.47. The number of hydrogen-bond donors (Lipinski definition) is 1. The lowest BCUT2D eigenvalue weighted by Gasteiger charge is -2.13. The van der Waals surface area contributed by atoms with Crippen LogP contribution in [0.5, 0.6) is 17.2 Å². The molecular weight excluding hydrogens is 372 g/mol. The molecule has 0 radical (unpaired) electrons. The van der Waals surface area contributed by atoms with Crippen LogP contribution in [0.1, 0.15) is 26.3 Å². The Bertz CT molecular complexity index is 1150. The van der Waals surface area contributed by atoms with Gasteiger partial charge in [0.05, 0.1) is 21.3 Å². The average Bonchev–Trinajstić information content (AvgIpc) is 3.04. The third-order valence-electron chi connectivity index (χ3n) is 4.82. The average molecular weight is 390 g/mol. The normalized spacial score (nSPS) is 13.6. The van der Waals surface area contributed by atoms with Crippen LogP contribution in [0, 0.1) is 0 Å². The minimum atomic E-state index is -0.507. The van der Waals surface area contributed by atoms with E-state index in [9.17, 15) is 9.59 Å². The lowest BCUT2D eigenvalue weighted by atomic mass is 10.1. The summed E-state index contributed by atoms with van der Waals surface area (Å²) in [5.74, 6) is 0.346. The molecule has 4 rings (SSSR count). The van der Waals surface area contributed by atoms with Crippen molar-refractivity contribution in [3.05, 3.63) is 65.2 Å². The minimum Gasteiger partial charge on any atom is -0.493 e. The molecular formula is C22H18N2O5. The van der Waals surface area contributed by atoms with Crippen LogP contribution in [-0.4, -0.2) is 38.7 Å². The smallest absolute Gasteiger partial charge is 0.271 e. The first-order valence-electron chi connectivity index (χ1n) is 8.84. The number of Topliss-reactive ketones (excluding diaryl/α,β-unsaturated/α-hetero) is 1. The van der Waals surface area contributed by atoms with Gasteiger partial charge in [-0.05, 0) is 17.5 Å². The van der Waals surface area contributed by atoms with Crippen LogP contribution in [-0.2, 0) is 0 Å². The Morgan fingerprint density at radius 1 is 0.897 bits per heavy atom. The predicted molar refractivity (Wildman–Crippen MR) is 108 cm³/mol. The van der Waals surface area contributed by atoms with Crippen LogP contribution < -0.4 is 19.6 Å². The zero-order valence-corrected chi connectivity index (χ0v) is 16.1. The van der Waals surface area contributed by atoms with Gasteiger partial charge in [0.2, 0.25) is 11.5 Å². The van der Waals surface area contributed by atoms with Gasteiger partial charge in [-0.3, -0.25) is 9.59 Å². The molecule has 1 amide bonds. The fourth-order valence-electron chi connectivity index (χ4n) is 3.47. The summed E-state index contributed by atoms with van der Waals surface area (Å²) in [6.07, 6.45) is 0. The maximum absolute atomic E-state index is 12.8. The maximum Gasteiger partial charge on any atom is 0.271 e. The van der Waals surface area contributed by atoms with Gasteiger partial charge in [-0.15, -0.1) is 0 Å². The highest BCUT2D eigenvalue weighted by atomic mass is 16.5. The fraction of sp³-hybridized carbons (Fsp3) is 0.136. The van der Waals surface area contributed by atoms with E-state index in [1.54, 1.807) is 6.07 Å². The quantitative estimate of drug-likeness (QED) is 0.676. The van der Waals surface area contributed by atoms with Crippen molar-refractivity contribution >= 4 is 28.2 Å². The number of benzene rings is 3. The van der Waals surface area contributed by atoms with Crippen molar-refractivity contribution in [3.63, 3.8) is 0 Å². The minimum absolute atomic E-state index is 0.206. The Labute approximate surface area is 166 Å². The van der Waals surface area contributed by atoms with Crippen molar-refractivity contribution in [2.45, 2.75) is 0 Å². The highest BCUT2D eigenvalue weighted by Gasteiger charge is 2.29. The van der Waals surface area contributed by atoms with E-state index >= 15 is 0 Å². The van der Waals surface area contributed by atoms with E-state index in [0.29, 0.717) is 28.4 Å². The molecule has 0 spiro atoms. The molecule has 7 nitrogen and oxygen atoms in total. The largest absolute Gasteiger partial charge is 0.493 e.